The van der Waals surface area contributed by atoms with Gasteiger partial charge in [-0.1, -0.05) is 29.3 Å². The standard InChI is InChI=1S/C17H14Cl2N2O2/c18-13-4-1-12(15(19)9-13)10-21-16(7-8-17(23)20-21)11-2-5-14(22)6-3-11/h1-7,9,22H,8,10H2,(H,20,23). The van der Waals surface area contributed by atoms with E-state index in [0.29, 0.717) is 23.0 Å². The second-order valence-electron chi connectivity index (χ2n) is 5.20. The van der Waals surface area contributed by atoms with E-state index in [1.165, 1.54) is 0 Å². The summed E-state index contributed by atoms with van der Waals surface area (Å²) in [6, 6.07) is 12.1. The van der Waals surface area contributed by atoms with Crippen LogP contribution in [-0.4, -0.2) is 16.0 Å². The Hall–Kier alpha value is -2.17. The molecule has 0 aromatic heterocycles. The summed E-state index contributed by atoms with van der Waals surface area (Å²) in [7, 11) is 0. The van der Waals surface area contributed by atoms with Gasteiger partial charge >= 0.3 is 0 Å². The van der Waals surface area contributed by atoms with Crippen LogP contribution in [0.15, 0.2) is 48.5 Å². The molecule has 1 aliphatic rings. The highest BCUT2D eigenvalue weighted by molar-refractivity contribution is 6.35. The van der Waals surface area contributed by atoms with Gasteiger partial charge in [0.25, 0.3) is 0 Å². The van der Waals surface area contributed by atoms with Crippen LogP contribution >= 0.6 is 23.2 Å². The number of carbonyl (C=O) groups excluding carboxylic acids is 1. The van der Waals surface area contributed by atoms with Gasteiger partial charge in [0.15, 0.2) is 0 Å². The minimum Gasteiger partial charge on any atom is -0.508 e. The molecule has 0 fully saturated rings. The highest BCUT2D eigenvalue weighted by atomic mass is 35.5. The van der Waals surface area contributed by atoms with Gasteiger partial charge in [-0.25, -0.2) is 0 Å². The quantitative estimate of drug-likeness (QED) is 0.881. The van der Waals surface area contributed by atoms with Crippen molar-refractivity contribution in [1.82, 2.24) is 10.4 Å². The fourth-order valence-corrected chi connectivity index (χ4v) is 2.88. The Morgan fingerprint density at radius 2 is 1.87 bits per heavy atom. The van der Waals surface area contributed by atoms with Crippen molar-refractivity contribution in [3.63, 3.8) is 0 Å². The molecule has 118 valence electrons. The zero-order valence-corrected chi connectivity index (χ0v) is 13.6. The van der Waals surface area contributed by atoms with Gasteiger partial charge in [0.1, 0.15) is 5.75 Å². The first kappa shape index (κ1) is 15.7. The summed E-state index contributed by atoms with van der Waals surface area (Å²) in [6.45, 7) is 0.411. The molecular formula is C17H14Cl2N2O2. The van der Waals surface area contributed by atoms with Gasteiger partial charge in [-0.3, -0.25) is 15.2 Å². The molecule has 0 saturated carbocycles. The van der Waals surface area contributed by atoms with Crippen LogP contribution in [-0.2, 0) is 11.3 Å². The number of halogens is 2. The number of hydrazine groups is 1. The monoisotopic (exact) mass is 348 g/mol. The molecule has 0 aliphatic carbocycles. The van der Waals surface area contributed by atoms with Crippen LogP contribution in [0.2, 0.25) is 10.0 Å². The van der Waals surface area contributed by atoms with Crippen molar-refractivity contribution in [2.45, 2.75) is 13.0 Å². The number of nitrogens with zero attached hydrogens (tertiary/aromatic N) is 1. The highest BCUT2D eigenvalue weighted by Crippen LogP contribution is 2.28. The van der Waals surface area contributed by atoms with E-state index >= 15 is 0 Å². The maximum absolute atomic E-state index is 11.7. The van der Waals surface area contributed by atoms with E-state index in [-0.39, 0.29) is 11.7 Å². The molecule has 0 spiro atoms. The lowest BCUT2D eigenvalue weighted by Gasteiger charge is -2.31. The molecule has 4 nitrogen and oxygen atoms in total. The van der Waals surface area contributed by atoms with Gasteiger partial charge in [0.05, 0.1) is 12.2 Å². The first-order valence-corrected chi connectivity index (χ1v) is 7.79. The first-order valence-electron chi connectivity index (χ1n) is 7.03. The van der Waals surface area contributed by atoms with Crippen LogP contribution < -0.4 is 5.43 Å². The van der Waals surface area contributed by atoms with Crippen molar-refractivity contribution in [2.24, 2.45) is 0 Å². The van der Waals surface area contributed by atoms with E-state index in [1.807, 2.05) is 12.1 Å². The number of nitrogens with one attached hydrogen (secondary N) is 1. The smallest absolute Gasteiger partial charge is 0.242 e. The Labute approximate surface area is 143 Å². The predicted octanol–water partition coefficient (Wildman–Crippen LogP) is 3.98. The number of benzene rings is 2. The third-order valence-electron chi connectivity index (χ3n) is 3.54. The molecular weight excluding hydrogens is 335 g/mol. The number of phenolic OH excluding ortho intramolecular Hbond substituents is 1. The average molecular weight is 349 g/mol. The SMILES string of the molecule is O=C1CC=C(c2ccc(O)cc2)N(Cc2ccc(Cl)cc2Cl)N1. The molecule has 0 radical (unpaired) electrons. The van der Waals surface area contributed by atoms with E-state index in [4.69, 9.17) is 23.2 Å². The summed E-state index contributed by atoms with van der Waals surface area (Å²) in [5.74, 6) is 0.110. The van der Waals surface area contributed by atoms with Crippen LogP contribution in [0.3, 0.4) is 0 Å². The van der Waals surface area contributed by atoms with E-state index in [2.05, 4.69) is 5.43 Å². The molecule has 2 aromatic rings. The van der Waals surface area contributed by atoms with Gasteiger partial charge in [-0.2, -0.15) is 0 Å². The van der Waals surface area contributed by atoms with Crippen LogP contribution in [0.5, 0.6) is 5.75 Å². The number of amides is 1. The van der Waals surface area contributed by atoms with Crippen LogP contribution in [0.25, 0.3) is 5.70 Å². The molecule has 3 rings (SSSR count). The lowest BCUT2D eigenvalue weighted by Crippen LogP contribution is -2.43. The lowest BCUT2D eigenvalue weighted by atomic mass is 10.1. The normalized spacial score (nSPS) is 14.4. The minimum absolute atomic E-state index is 0.0855. The summed E-state index contributed by atoms with van der Waals surface area (Å²) in [5, 5.41) is 12.3. The molecule has 1 aliphatic heterocycles. The van der Waals surface area contributed by atoms with Crippen molar-refractivity contribution in [3.8, 4) is 5.75 Å². The number of rotatable bonds is 3. The van der Waals surface area contributed by atoms with E-state index in [1.54, 1.807) is 41.4 Å². The second kappa shape index (κ2) is 6.52. The van der Waals surface area contributed by atoms with Crippen molar-refractivity contribution in [2.75, 3.05) is 0 Å². The van der Waals surface area contributed by atoms with Crippen molar-refractivity contribution >= 4 is 34.8 Å². The summed E-state index contributed by atoms with van der Waals surface area (Å²) < 4.78 is 0. The van der Waals surface area contributed by atoms with Crippen LogP contribution in [0.4, 0.5) is 0 Å². The first-order chi connectivity index (χ1) is 11.0. The van der Waals surface area contributed by atoms with E-state index in [9.17, 15) is 9.90 Å². The van der Waals surface area contributed by atoms with Gasteiger partial charge in [0, 0.05) is 16.5 Å². The molecule has 1 amide bonds. The van der Waals surface area contributed by atoms with Crippen molar-refractivity contribution in [3.05, 3.63) is 69.7 Å². The Balaban J connectivity index is 1.91. The summed E-state index contributed by atoms with van der Waals surface area (Å²) in [5.41, 5.74) is 5.45. The Morgan fingerprint density at radius 1 is 1.13 bits per heavy atom. The fourth-order valence-electron chi connectivity index (χ4n) is 2.41. The van der Waals surface area contributed by atoms with Crippen molar-refractivity contribution in [1.29, 1.82) is 0 Å². The Bertz CT molecular complexity index is 773. The molecule has 2 aromatic carbocycles. The third kappa shape index (κ3) is 3.60. The molecule has 1 heterocycles. The summed E-state index contributed by atoms with van der Waals surface area (Å²) in [4.78, 5) is 11.7. The molecule has 0 atom stereocenters. The zero-order valence-electron chi connectivity index (χ0n) is 12.1. The van der Waals surface area contributed by atoms with Crippen LogP contribution in [0.1, 0.15) is 17.5 Å². The van der Waals surface area contributed by atoms with E-state index in [0.717, 1.165) is 16.8 Å². The highest BCUT2D eigenvalue weighted by Gasteiger charge is 2.20. The van der Waals surface area contributed by atoms with Gasteiger partial charge < -0.3 is 5.11 Å². The van der Waals surface area contributed by atoms with Gasteiger partial charge in [-0.05, 0) is 53.6 Å². The molecule has 2 N–H and O–H groups in total. The Morgan fingerprint density at radius 3 is 2.57 bits per heavy atom. The maximum atomic E-state index is 11.7. The van der Waals surface area contributed by atoms with Crippen molar-refractivity contribution < 1.29 is 9.90 Å². The molecule has 0 unspecified atom stereocenters. The number of aromatic hydroxyl groups is 1. The summed E-state index contributed by atoms with van der Waals surface area (Å²) >= 11 is 12.1. The number of hydrogen-bond donors (Lipinski definition) is 2. The number of phenols is 1. The molecule has 23 heavy (non-hydrogen) atoms. The predicted molar refractivity (Wildman–Crippen MR) is 90.8 cm³/mol. The third-order valence-corrected chi connectivity index (χ3v) is 4.12. The topological polar surface area (TPSA) is 52.6 Å². The molecule has 0 saturated heterocycles. The van der Waals surface area contributed by atoms with E-state index < -0.39 is 0 Å². The van der Waals surface area contributed by atoms with Gasteiger partial charge in [0.2, 0.25) is 5.91 Å². The number of hydrogen-bond acceptors (Lipinski definition) is 3. The average Bonchev–Trinajstić information content (AvgIpc) is 2.51. The van der Waals surface area contributed by atoms with Crippen LogP contribution in [0, 0.1) is 0 Å². The minimum atomic E-state index is -0.0855. The molecule has 6 heteroatoms. The maximum Gasteiger partial charge on any atom is 0.242 e. The van der Waals surface area contributed by atoms with Gasteiger partial charge in [-0.15, -0.1) is 0 Å². The number of carbonyl (C=O) groups is 1. The fraction of sp³-hybridized carbons (Fsp3) is 0.118. The lowest BCUT2D eigenvalue weighted by molar-refractivity contribution is -0.124. The molecule has 0 bridgehead atoms. The zero-order chi connectivity index (χ0) is 16.4. The Kier molecular flexibility index (Phi) is 4.46. The largest absolute Gasteiger partial charge is 0.508 e. The summed E-state index contributed by atoms with van der Waals surface area (Å²) in [6.07, 6.45) is 2.16. The second-order valence-corrected chi connectivity index (χ2v) is 6.04.